The Hall–Kier alpha value is 0.840. The number of halogens is 1. The van der Waals surface area contributed by atoms with Gasteiger partial charge in [0.15, 0.2) is 0 Å². The predicted octanol–water partition coefficient (Wildman–Crippen LogP) is 6.11. The lowest BCUT2D eigenvalue weighted by Crippen LogP contribution is -2.16. The van der Waals surface area contributed by atoms with Crippen molar-refractivity contribution in [3.8, 4) is 0 Å². The van der Waals surface area contributed by atoms with E-state index in [1.807, 2.05) is 0 Å². The third-order valence-electron chi connectivity index (χ3n) is 3.85. The molecule has 0 aliphatic heterocycles. The van der Waals surface area contributed by atoms with Crippen molar-refractivity contribution in [1.29, 1.82) is 0 Å². The summed E-state index contributed by atoms with van der Waals surface area (Å²) in [6.45, 7) is 6.73. The van der Waals surface area contributed by atoms with E-state index in [4.69, 9.17) is 9.05 Å². The van der Waals surface area contributed by atoms with Gasteiger partial charge in [0.25, 0.3) is 0 Å². The third kappa shape index (κ3) is 12.3. The van der Waals surface area contributed by atoms with E-state index in [1.165, 1.54) is 12.8 Å². The highest BCUT2D eigenvalue weighted by atomic mass is 127. The van der Waals surface area contributed by atoms with Gasteiger partial charge >= 0.3 is 7.82 Å². The van der Waals surface area contributed by atoms with Crippen molar-refractivity contribution in [1.82, 2.24) is 0 Å². The molecule has 0 radical (unpaired) electrons. The smallest absolute Gasteiger partial charge is 0.302 e. The van der Waals surface area contributed by atoms with Gasteiger partial charge in [0.1, 0.15) is 0 Å². The fourth-order valence-corrected chi connectivity index (χ4v) is 4.19. The highest BCUT2D eigenvalue weighted by Gasteiger charge is 2.27. The highest BCUT2D eigenvalue weighted by Crippen LogP contribution is 2.46. The van der Waals surface area contributed by atoms with E-state index in [-0.39, 0.29) is 6.10 Å². The molecule has 0 spiro atoms. The summed E-state index contributed by atoms with van der Waals surface area (Å²) in [5.74, 6) is 0.339. The molecule has 0 amide bonds. The summed E-state index contributed by atoms with van der Waals surface area (Å²) in [7, 11) is -3.92. The third-order valence-corrected chi connectivity index (χ3v) is 5.87. The van der Waals surface area contributed by atoms with E-state index in [2.05, 4.69) is 43.4 Å². The highest BCUT2D eigenvalue weighted by molar-refractivity contribution is 14.1. The quantitative estimate of drug-likeness (QED) is 0.142. The molecule has 0 aromatic carbocycles. The Labute approximate surface area is 150 Å². The first-order valence-corrected chi connectivity index (χ1v) is 11.7. The number of rotatable bonds is 15. The van der Waals surface area contributed by atoms with Gasteiger partial charge in [-0.05, 0) is 18.8 Å². The fraction of sp³-hybridized carbons (Fsp3) is 1.00. The normalized spacial score (nSPS) is 17.1. The van der Waals surface area contributed by atoms with Crippen LogP contribution in [0.4, 0.5) is 0 Å². The number of hydrogen-bond acceptors (Lipinski definition) is 3. The average molecular weight is 448 g/mol. The minimum Gasteiger partial charge on any atom is -0.302 e. The van der Waals surface area contributed by atoms with Crippen LogP contribution in [0.2, 0.25) is 0 Å². The summed E-state index contributed by atoms with van der Waals surface area (Å²) >= 11 is 2.21. The second kappa shape index (κ2) is 14.2. The van der Waals surface area contributed by atoms with Crippen LogP contribution >= 0.6 is 30.4 Å². The molecule has 0 aromatic heterocycles. The van der Waals surface area contributed by atoms with Crippen molar-refractivity contribution >= 4 is 30.4 Å². The molecule has 0 saturated carbocycles. The zero-order chi connectivity index (χ0) is 16.8. The van der Waals surface area contributed by atoms with Gasteiger partial charge in [0, 0.05) is 4.43 Å². The van der Waals surface area contributed by atoms with Crippen LogP contribution in [-0.2, 0) is 13.6 Å². The Balaban J connectivity index is 4.14. The molecule has 0 heterocycles. The van der Waals surface area contributed by atoms with E-state index in [1.54, 1.807) is 0 Å². The van der Waals surface area contributed by atoms with Crippen LogP contribution in [0.3, 0.4) is 0 Å². The molecule has 0 rings (SSSR count). The Morgan fingerprint density at radius 1 is 1.05 bits per heavy atom. The summed E-state index contributed by atoms with van der Waals surface area (Å²) in [5, 5.41) is 0. The van der Waals surface area contributed by atoms with Crippen LogP contribution in [-0.4, -0.2) is 22.0 Å². The molecule has 0 aliphatic carbocycles. The number of phosphoric acid groups is 1. The molecule has 6 heteroatoms. The van der Waals surface area contributed by atoms with E-state index in [0.29, 0.717) is 17.0 Å². The number of phosphoric ester groups is 1. The topological polar surface area (TPSA) is 55.8 Å². The molecule has 4 nitrogen and oxygen atoms in total. The molecule has 1 N–H and O–H groups in total. The number of hydrogen-bond donors (Lipinski definition) is 1. The second-order valence-electron chi connectivity index (χ2n) is 5.91. The van der Waals surface area contributed by atoms with Gasteiger partial charge in [-0.15, -0.1) is 0 Å². The SMILES string of the molecule is CCCCCCC(CI)OP(=O)(O)OCC(CC)CCCC. The van der Waals surface area contributed by atoms with Crippen LogP contribution < -0.4 is 0 Å². The van der Waals surface area contributed by atoms with Crippen molar-refractivity contribution < 1.29 is 18.5 Å². The van der Waals surface area contributed by atoms with Crippen molar-refractivity contribution in [2.75, 3.05) is 11.0 Å². The molecule has 0 bridgehead atoms. The van der Waals surface area contributed by atoms with Gasteiger partial charge in [0.05, 0.1) is 12.7 Å². The van der Waals surface area contributed by atoms with Crippen LogP contribution in [0.5, 0.6) is 0 Å². The van der Waals surface area contributed by atoms with E-state index in [0.717, 1.165) is 44.9 Å². The Kier molecular flexibility index (Phi) is 14.7. The minimum atomic E-state index is -3.92. The lowest BCUT2D eigenvalue weighted by atomic mass is 10.0. The maximum Gasteiger partial charge on any atom is 0.472 e. The molecule has 0 saturated heterocycles. The predicted molar refractivity (Wildman–Crippen MR) is 102 cm³/mol. The van der Waals surface area contributed by atoms with E-state index < -0.39 is 7.82 Å². The summed E-state index contributed by atoms with van der Waals surface area (Å²) in [4.78, 5) is 9.90. The molecule has 3 atom stereocenters. The Morgan fingerprint density at radius 2 is 1.73 bits per heavy atom. The van der Waals surface area contributed by atoms with E-state index in [9.17, 15) is 9.46 Å². The van der Waals surface area contributed by atoms with Gasteiger partial charge in [-0.3, -0.25) is 9.05 Å². The molecule has 134 valence electrons. The molecular formula is C16H34IO4P. The first-order chi connectivity index (χ1) is 10.5. The summed E-state index contributed by atoms with van der Waals surface area (Å²) < 4.78 is 23.4. The van der Waals surface area contributed by atoms with Gasteiger partial charge in [-0.2, -0.15) is 0 Å². The lowest BCUT2D eigenvalue weighted by molar-refractivity contribution is 0.0961. The minimum absolute atomic E-state index is 0.191. The average Bonchev–Trinajstić information content (AvgIpc) is 2.50. The summed E-state index contributed by atoms with van der Waals surface area (Å²) in [6.07, 6.45) is 9.49. The maximum atomic E-state index is 12.1. The lowest BCUT2D eigenvalue weighted by Gasteiger charge is -2.21. The molecular weight excluding hydrogens is 414 g/mol. The maximum absolute atomic E-state index is 12.1. The van der Waals surface area contributed by atoms with Gasteiger partial charge in [-0.25, -0.2) is 4.57 Å². The molecule has 0 fully saturated rings. The first kappa shape index (κ1) is 22.8. The monoisotopic (exact) mass is 448 g/mol. The van der Waals surface area contributed by atoms with Crippen molar-refractivity contribution in [3.63, 3.8) is 0 Å². The van der Waals surface area contributed by atoms with Crippen LogP contribution in [0.1, 0.15) is 78.6 Å². The standard InChI is InChI=1S/C16H34IO4P/c1-4-7-9-10-12-16(13-17)21-22(18,19)20-14-15(6-3)11-8-5-2/h15-16H,4-14H2,1-3H3,(H,18,19). The Bertz CT molecular complexity index is 302. The molecule has 3 unspecified atom stereocenters. The zero-order valence-electron chi connectivity index (χ0n) is 14.4. The van der Waals surface area contributed by atoms with Gasteiger partial charge < -0.3 is 4.89 Å². The molecule has 0 aromatic rings. The largest absolute Gasteiger partial charge is 0.472 e. The van der Waals surface area contributed by atoms with Crippen LogP contribution in [0, 0.1) is 5.92 Å². The second-order valence-corrected chi connectivity index (χ2v) is 8.20. The fourth-order valence-electron chi connectivity index (χ4n) is 2.27. The summed E-state index contributed by atoms with van der Waals surface area (Å²) in [6, 6.07) is 0. The number of unbranched alkanes of at least 4 members (excludes halogenated alkanes) is 4. The van der Waals surface area contributed by atoms with Crippen LogP contribution in [0.15, 0.2) is 0 Å². The van der Waals surface area contributed by atoms with Gasteiger partial charge in [-0.1, -0.05) is 88.3 Å². The van der Waals surface area contributed by atoms with E-state index >= 15 is 0 Å². The zero-order valence-corrected chi connectivity index (χ0v) is 17.5. The van der Waals surface area contributed by atoms with Crippen molar-refractivity contribution in [2.45, 2.75) is 84.7 Å². The van der Waals surface area contributed by atoms with Gasteiger partial charge in [0.2, 0.25) is 0 Å². The number of alkyl halides is 1. The molecule has 22 heavy (non-hydrogen) atoms. The molecule has 0 aliphatic rings. The van der Waals surface area contributed by atoms with Crippen molar-refractivity contribution in [3.05, 3.63) is 0 Å². The first-order valence-electron chi connectivity index (χ1n) is 8.70. The van der Waals surface area contributed by atoms with Crippen molar-refractivity contribution in [2.24, 2.45) is 5.92 Å². The van der Waals surface area contributed by atoms with Crippen LogP contribution in [0.25, 0.3) is 0 Å². The Morgan fingerprint density at radius 3 is 2.27 bits per heavy atom. The summed E-state index contributed by atoms with van der Waals surface area (Å²) in [5.41, 5.74) is 0.